The van der Waals surface area contributed by atoms with Crippen LogP contribution in [0.1, 0.15) is 44.9 Å². The third-order valence-corrected chi connectivity index (χ3v) is 4.28. The van der Waals surface area contributed by atoms with Gasteiger partial charge in [-0.25, -0.2) is 18.0 Å². The molecular weight excluding hydrogens is 425 g/mol. The molecule has 2 amide bonds. The molecule has 0 fully saturated rings. The fraction of sp³-hybridized carbons (Fsp3) is 0.348. The molecule has 0 saturated carbocycles. The van der Waals surface area contributed by atoms with Gasteiger partial charge < -0.3 is 15.4 Å². The summed E-state index contributed by atoms with van der Waals surface area (Å²) in [5.41, 5.74) is -3.57. The van der Waals surface area contributed by atoms with Crippen LogP contribution in [0.4, 0.5) is 13.2 Å². The molecule has 2 N–H and O–H groups in total. The van der Waals surface area contributed by atoms with E-state index in [1.807, 2.05) is 0 Å². The van der Waals surface area contributed by atoms with Gasteiger partial charge in [-0.05, 0) is 51.0 Å². The minimum atomic E-state index is -3.08. The molecule has 2 aromatic carbocycles. The normalized spacial score (nSPS) is 14.1. The van der Waals surface area contributed by atoms with Crippen LogP contribution in [-0.4, -0.2) is 29.1 Å². The van der Waals surface area contributed by atoms with Gasteiger partial charge in [0.15, 0.2) is 6.04 Å². The summed E-state index contributed by atoms with van der Waals surface area (Å²) < 4.78 is 47.0. The Hall–Kier alpha value is -3.36. The highest BCUT2D eigenvalue weighted by Crippen LogP contribution is 2.21. The zero-order valence-electron chi connectivity index (χ0n) is 18.2. The number of halogens is 3. The summed E-state index contributed by atoms with van der Waals surface area (Å²) in [7, 11) is 0. The number of esters is 1. The van der Waals surface area contributed by atoms with Gasteiger partial charge in [0.2, 0.25) is 0 Å². The molecule has 0 aliphatic rings. The van der Waals surface area contributed by atoms with Gasteiger partial charge in [0, 0.05) is 12.6 Å². The van der Waals surface area contributed by atoms with Crippen LogP contribution in [0.3, 0.4) is 0 Å². The van der Waals surface area contributed by atoms with Crippen LogP contribution in [0.15, 0.2) is 48.5 Å². The maximum Gasteiger partial charge on any atom is 0.333 e. The van der Waals surface area contributed by atoms with Crippen LogP contribution in [0.2, 0.25) is 0 Å². The number of alkyl halides is 1. The SMILES string of the molecule is CC(C)(C)OC(=O)[C@@H](NC(=O)C(C)(F)C(=O)NCc1cc(F)cc(F)c1)c1ccccc1. The molecule has 0 aromatic heterocycles. The summed E-state index contributed by atoms with van der Waals surface area (Å²) in [6, 6.07) is 9.25. The van der Waals surface area contributed by atoms with Gasteiger partial charge in [0.25, 0.3) is 17.5 Å². The largest absolute Gasteiger partial charge is 0.458 e. The number of nitrogens with one attached hydrogen (secondary N) is 2. The quantitative estimate of drug-likeness (QED) is 0.500. The van der Waals surface area contributed by atoms with Crippen LogP contribution in [0.25, 0.3) is 0 Å². The molecule has 2 aromatic rings. The minimum Gasteiger partial charge on any atom is -0.458 e. The average Bonchev–Trinajstić information content (AvgIpc) is 2.68. The Bertz CT molecular complexity index is 968. The first-order chi connectivity index (χ1) is 14.8. The number of rotatable bonds is 7. The monoisotopic (exact) mass is 450 g/mol. The molecule has 0 saturated heterocycles. The van der Waals surface area contributed by atoms with Crippen molar-refractivity contribution in [2.45, 2.75) is 51.6 Å². The second kappa shape index (κ2) is 9.84. The summed E-state index contributed by atoms with van der Waals surface area (Å²) >= 11 is 0. The van der Waals surface area contributed by atoms with E-state index in [0.29, 0.717) is 11.6 Å². The summed E-state index contributed by atoms with van der Waals surface area (Å²) in [5.74, 6) is -5.27. The fourth-order valence-electron chi connectivity index (χ4n) is 2.72. The van der Waals surface area contributed by atoms with Crippen molar-refractivity contribution in [3.05, 3.63) is 71.3 Å². The van der Waals surface area contributed by atoms with Crippen LogP contribution in [-0.2, 0) is 25.7 Å². The molecule has 1 unspecified atom stereocenters. The number of benzene rings is 2. The van der Waals surface area contributed by atoms with E-state index >= 15 is 4.39 Å². The summed E-state index contributed by atoms with van der Waals surface area (Å²) in [5, 5.41) is 4.35. The van der Waals surface area contributed by atoms with E-state index in [2.05, 4.69) is 10.6 Å². The summed E-state index contributed by atoms with van der Waals surface area (Å²) in [6.07, 6.45) is 0. The third kappa shape index (κ3) is 6.83. The molecule has 0 spiro atoms. The first-order valence-electron chi connectivity index (χ1n) is 9.80. The van der Waals surface area contributed by atoms with Crippen LogP contribution in [0, 0.1) is 11.6 Å². The van der Waals surface area contributed by atoms with Crippen molar-refractivity contribution in [1.29, 1.82) is 0 Å². The highest BCUT2D eigenvalue weighted by atomic mass is 19.1. The predicted octanol–water partition coefficient (Wildman–Crippen LogP) is 3.51. The lowest BCUT2D eigenvalue weighted by Gasteiger charge is -2.27. The number of ether oxygens (including phenoxy) is 1. The first-order valence-corrected chi connectivity index (χ1v) is 9.80. The lowest BCUT2D eigenvalue weighted by molar-refractivity contribution is -0.160. The number of amides is 2. The Labute approximate surface area is 184 Å². The minimum absolute atomic E-state index is 0.0444. The van der Waals surface area contributed by atoms with Gasteiger partial charge >= 0.3 is 5.97 Å². The van der Waals surface area contributed by atoms with E-state index in [0.717, 1.165) is 19.1 Å². The van der Waals surface area contributed by atoms with Gasteiger partial charge in [-0.1, -0.05) is 30.3 Å². The summed E-state index contributed by atoms with van der Waals surface area (Å²) in [6.45, 7) is 5.22. The van der Waals surface area contributed by atoms with Crippen molar-refractivity contribution in [3.63, 3.8) is 0 Å². The van der Waals surface area contributed by atoms with Gasteiger partial charge in [0.1, 0.15) is 17.2 Å². The van der Waals surface area contributed by atoms with E-state index < -0.39 is 53.3 Å². The second-order valence-corrected chi connectivity index (χ2v) is 8.31. The zero-order valence-corrected chi connectivity index (χ0v) is 18.2. The smallest absolute Gasteiger partial charge is 0.333 e. The Morgan fingerprint density at radius 1 is 0.938 bits per heavy atom. The van der Waals surface area contributed by atoms with Gasteiger partial charge in [-0.15, -0.1) is 0 Å². The van der Waals surface area contributed by atoms with E-state index in [1.165, 1.54) is 0 Å². The van der Waals surface area contributed by atoms with Crippen molar-refractivity contribution in [3.8, 4) is 0 Å². The standard InChI is InChI=1S/C23H25F3N2O4/c1-22(2,3)32-19(29)18(15-8-6-5-7-9-15)28-21(31)23(4,26)20(30)27-13-14-10-16(24)12-17(25)11-14/h5-12,18H,13H2,1-4H3,(H,27,30)(H,28,31)/t18-,23?/m0/s1. The molecular formula is C23H25F3N2O4. The Morgan fingerprint density at radius 3 is 2.03 bits per heavy atom. The number of carbonyl (C=O) groups excluding carboxylic acids is 3. The Kier molecular flexibility index (Phi) is 7.66. The maximum absolute atomic E-state index is 15.1. The van der Waals surface area contributed by atoms with Crippen molar-refractivity contribution >= 4 is 17.8 Å². The second-order valence-electron chi connectivity index (χ2n) is 8.31. The number of carbonyl (C=O) groups is 3. The molecule has 0 aliphatic heterocycles. The van der Waals surface area contributed by atoms with Crippen LogP contribution >= 0.6 is 0 Å². The van der Waals surface area contributed by atoms with Gasteiger partial charge in [-0.3, -0.25) is 9.59 Å². The van der Waals surface area contributed by atoms with Crippen LogP contribution in [0.5, 0.6) is 0 Å². The molecule has 172 valence electrons. The molecule has 0 bridgehead atoms. The topological polar surface area (TPSA) is 84.5 Å². The van der Waals surface area contributed by atoms with E-state index in [1.54, 1.807) is 51.1 Å². The molecule has 0 radical (unpaired) electrons. The molecule has 0 heterocycles. The van der Waals surface area contributed by atoms with E-state index in [-0.39, 0.29) is 5.56 Å². The third-order valence-electron chi connectivity index (χ3n) is 4.28. The van der Waals surface area contributed by atoms with Crippen molar-refractivity contribution in [1.82, 2.24) is 10.6 Å². The highest BCUT2D eigenvalue weighted by molar-refractivity contribution is 6.08. The first kappa shape index (κ1) is 24.9. The lowest BCUT2D eigenvalue weighted by Crippen LogP contribution is -2.53. The zero-order chi connectivity index (χ0) is 24.1. The molecule has 2 atom stereocenters. The van der Waals surface area contributed by atoms with Gasteiger partial charge in [-0.2, -0.15) is 0 Å². The van der Waals surface area contributed by atoms with Gasteiger partial charge in [0.05, 0.1) is 0 Å². The Morgan fingerprint density at radius 2 is 1.50 bits per heavy atom. The molecule has 6 nitrogen and oxygen atoms in total. The van der Waals surface area contributed by atoms with Crippen molar-refractivity contribution < 1.29 is 32.3 Å². The lowest BCUT2D eigenvalue weighted by atomic mass is 10.0. The number of hydrogen-bond donors (Lipinski definition) is 2. The number of hydrogen-bond acceptors (Lipinski definition) is 4. The van der Waals surface area contributed by atoms with E-state index in [9.17, 15) is 23.2 Å². The molecule has 9 heteroatoms. The maximum atomic E-state index is 15.1. The van der Waals surface area contributed by atoms with E-state index in [4.69, 9.17) is 4.74 Å². The highest BCUT2D eigenvalue weighted by Gasteiger charge is 2.43. The molecule has 2 rings (SSSR count). The summed E-state index contributed by atoms with van der Waals surface area (Å²) in [4.78, 5) is 37.6. The van der Waals surface area contributed by atoms with Crippen molar-refractivity contribution in [2.75, 3.05) is 0 Å². The molecule has 32 heavy (non-hydrogen) atoms. The van der Waals surface area contributed by atoms with Crippen molar-refractivity contribution in [2.24, 2.45) is 0 Å². The fourth-order valence-corrected chi connectivity index (χ4v) is 2.72. The average molecular weight is 450 g/mol. The molecule has 0 aliphatic carbocycles. The Balaban J connectivity index is 2.15. The van der Waals surface area contributed by atoms with Crippen LogP contribution < -0.4 is 10.6 Å². The predicted molar refractivity (Wildman–Crippen MR) is 111 cm³/mol.